The molecule has 0 spiro atoms. The highest BCUT2D eigenvalue weighted by molar-refractivity contribution is 6.26. The lowest BCUT2D eigenvalue weighted by Crippen LogP contribution is -1.93. The minimum Gasteiger partial charge on any atom is -0.456 e. The Bertz CT molecular complexity index is 3430. The summed E-state index contributed by atoms with van der Waals surface area (Å²) in [5.41, 5.74) is -1.14. The third-order valence-corrected chi connectivity index (χ3v) is 7.57. The van der Waals surface area contributed by atoms with Crippen LogP contribution in [-0.4, -0.2) is 0 Å². The topological polar surface area (TPSA) is 13.1 Å². The molecule has 0 saturated carbocycles. The van der Waals surface area contributed by atoms with Crippen molar-refractivity contribution in [1.82, 2.24) is 0 Å². The number of rotatable bonds is 3. The molecule has 0 unspecified atom stereocenters. The molecule has 0 saturated heterocycles. The standard InChI is InChI=1S/C42H26O/c1-2-13-27(14-3-1)30-17-6-7-18-31(30)40-32-19-8-10-21-34(32)41(35-22-11-9-20-33(35)40)36-23-12-24-38-42(36)37-25-28-15-4-5-16-29(28)26-39(37)43-38/h1-26H/i1D,2D,3D,4D,5D,6D,7D,12D,13D,14D,15D,16D,17D,18D,23D,24D,25D,26D. The monoisotopic (exact) mass is 564 g/mol. The van der Waals surface area contributed by atoms with E-state index in [9.17, 15) is 4.11 Å². The van der Waals surface area contributed by atoms with Gasteiger partial charge in [0.05, 0.1) is 24.7 Å². The van der Waals surface area contributed by atoms with Gasteiger partial charge in [-0.2, -0.15) is 0 Å². The lowest BCUT2D eigenvalue weighted by Gasteiger charge is -2.20. The highest BCUT2D eigenvalue weighted by Gasteiger charge is 2.21. The lowest BCUT2D eigenvalue weighted by atomic mass is 9.83. The summed E-state index contributed by atoms with van der Waals surface area (Å²) in [6.07, 6.45) is 0. The molecule has 0 radical (unpaired) electrons. The molecule has 0 N–H and O–H groups in total. The SMILES string of the molecule is [2H]c1c([2H])c([2H])c(-c2c([2H])c([2H])c([2H])c([2H])c2-c2c3ccccc3c(-c3c([2H])c([2H])c([2H])c4oc5c([2H])c6c([2H])c([2H])c([2H])c([2H])c6c([2H])c5c34)c3ccccc23)c([2H])c1[2H]. The Labute approximate surface area is 274 Å². The van der Waals surface area contributed by atoms with Crippen LogP contribution < -0.4 is 0 Å². The molecule has 0 aliphatic heterocycles. The van der Waals surface area contributed by atoms with Gasteiger partial charge in [-0.05, 0) is 83.8 Å². The molecule has 0 bridgehead atoms. The van der Waals surface area contributed by atoms with Gasteiger partial charge in [0, 0.05) is 10.8 Å². The average Bonchev–Trinajstić information content (AvgIpc) is 3.66. The van der Waals surface area contributed by atoms with Crippen LogP contribution >= 0.6 is 0 Å². The lowest BCUT2D eigenvalue weighted by molar-refractivity contribution is 0.669. The maximum absolute atomic E-state index is 9.46. The molecule has 0 aliphatic carbocycles. The van der Waals surface area contributed by atoms with Crippen molar-refractivity contribution in [2.75, 3.05) is 0 Å². The van der Waals surface area contributed by atoms with Gasteiger partial charge in [-0.3, -0.25) is 0 Å². The predicted molar refractivity (Wildman–Crippen MR) is 183 cm³/mol. The van der Waals surface area contributed by atoms with Crippen molar-refractivity contribution in [3.8, 4) is 33.4 Å². The fourth-order valence-electron chi connectivity index (χ4n) is 5.83. The van der Waals surface area contributed by atoms with Gasteiger partial charge in [-0.25, -0.2) is 0 Å². The highest BCUT2D eigenvalue weighted by atomic mass is 16.3. The van der Waals surface area contributed by atoms with Crippen LogP contribution in [0.5, 0.6) is 0 Å². The van der Waals surface area contributed by atoms with Crippen LogP contribution in [0, 0.1) is 0 Å². The van der Waals surface area contributed by atoms with Crippen LogP contribution in [0.2, 0.25) is 0 Å². The molecule has 0 fully saturated rings. The van der Waals surface area contributed by atoms with Crippen LogP contribution in [0.1, 0.15) is 24.7 Å². The molecule has 0 atom stereocenters. The van der Waals surface area contributed by atoms with Crippen molar-refractivity contribution in [2.24, 2.45) is 0 Å². The molecule has 1 heteroatoms. The summed E-state index contributed by atoms with van der Waals surface area (Å²) in [5, 5.41) is 0.538. The van der Waals surface area contributed by atoms with Crippen LogP contribution in [-0.2, 0) is 0 Å². The van der Waals surface area contributed by atoms with Crippen molar-refractivity contribution in [3.05, 3.63) is 157 Å². The third kappa shape index (κ3) is 3.65. The number of hydrogen-bond donors (Lipinski definition) is 0. The molecule has 200 valence electrons. The average molecular weight is 565 g/mol. The second-order valence-corrected chi connectivity index (χ2v) is 9.85. The van der Waals surface area contributed by atoms with E-state index >= 15 is 0 Å². The third-order valence-electron chi connectivity index (χ3n) is 7.57. The normalized spacial score (nSPS) is 17.6. The van der Waals surface area contributed by atoms with Crippen molar-refractivity contribution < 1.29 is 29.1 Å². The Morgan fingerprint density at radius 3 is 1.63 bits per heavy atom. The first-order chi connectivity index (χ1) is 28.8. The van der Waals surface area contributed by atoms with E-state index in [1.807, 2.05) is 0 Å². The molecule has 1 heterocycles. The first-order valence-corrected chi connectivity index (χ1v) is 13.3. The van der Waals surface area contributed by atoms with E-state index in [1.54, 1.807) is 48.5 Å². The molecular formula is C42H26O. The van der Waals surface area contributed by atoms with Gasteiger partial charge in [0.15, 0.2) is 0 Å². The second kappa shape index (κ2) is 9.44. The first-order valence-electron chi connectivity index (χ1n) is 22.3. The largest absolute Gasteiger partial charge is 0.456 e. The van der Waals surface area contributed by atoms with Gasteiger partial charge in [0.1, 0.15) is 11.2 Å². The van der Waals surface area contributed by atoms with Crippen LogP contribution in [0.15, 0.2) is 162 Å². The van der Waals surface area contributed by atoms with E-state index in [-0.39, 0.29) is 60.5 Å². The number of benzene rings is 8. The van der Waals surface area contributed by atoms with Crippen molar-refractivity contribution in [2.45, 2.75) is 0 Å². The zero-order chi connectivity index (χ0) is 44.0. The Morgan fingerprint density at radius 2 is 0.953 bits per heavy atom. The number of hydrogen-bond acceptors (Lipinski definition) is 1. The van der Waals surface area contributed by atoms with Gasteiger partial charge in [0.2, 0.25) is 0 Å². The van der Waals surface area contributed by atoms with E-state index in [1.165, 1.54) is 0 Å². The van der Waals surface area contributed by atoms with Crippen LogP contribution in [0.4, 0.5) is 0 Å². The van der Waals surface area contributed by atoms with Gasteiger partial charge >= 0.3 is 0 Å². The molecule has 1 aromatic heterocycles. The molecule has 0 amide bonds. The Balaban J connectivity index is 1.53. The van der Waals surface area contributed by atoms with E-state index in [0.29, 0.717) is 21.5 Å². The van der Waals surface area contributed by atoms with Crippen molar-refractivity contribution >= 4 is 54.3 Å². The predicted octanol–water partition coefficient (Wildman–Crippen LogP) is 12.0. The summed E-state index contributed by atoms with van der Waals surface area (Å²) >= 11 is 0. The van der Waals surface area contributed by atoms with Crippen LogP contribution in [0.25, 0.3) is 87.6 Å². The summed E-state index contributed by atoms with van der Waals surface area (Å²) < 4.78 is 165. The number of furan rings is 1. The molecule has 1 nitrogen and oxygen atoms in total. The molecule has 43 heavy (non-hydrogen) atoms. The van der Waals surface area contributed by atoms with Gasteiger partial charge in [-0.1, -0.05) is 139 Å². The molecule has 0 aliphatic rings. The van der Waals surface area contributed by atoms with Crippen molar-refractivity contribution in [3.63, 3.8) is 0 Å². The molecule has 9 aromatic rings. The van der Waals surface area contributed by atoms with Gasteiger partial charge in [-0.15, -0.1) is 0 Å². The zero-order valence-electron chi connectivity index (χ0n) is 40.0. The van der Waals surface area contributed by atoms with E-state index in [2.05, 4.69) is 0 Å². The number of fused-ring (bicyclic) bond motifs is 6. The minimum atomic E-state index is -0.712. The van der Waals surface area contributed by atoms with Gasteiger partial charge < -0.3 is 4.42 Å². The maximum Gasteiger partial charge on any atom is 0.136 e. The van der Waals surface area contributed by atoms with Crippen LogP contribution in [0.3, 0.4) is 0 Å². The fourth-order valence-corrected chi connectivity index (χ4v) is 5.83. The second-order valence-electron chi connectivity index (χ2n) is 9.85. The summed E-state index contributed by atoms with van der Waals surface area (Å²) in [7, 11) is 0. The fraction of sp³-hybridized carbons (Fsp3) is 0. The first kappa shape index (κ1) is 12.3. The van der Waals surface area contributed by atoms with E-state index in [4.69, 9.17) is 25.0 Å². The Morgan fingerprint density at radius 1 is 0.419 bits per heavy atom. The van der Waals surface area contributed by atoms with Gasteiger partial charge in [0.25, 0.3) is 0 Å². The quantitative estimate of drug-likeness (QED) is 0.195. The highest BCUT2D eigenvalue weighted by Crippen LogP contribution is 2.48. The maximum atomic E-state index is 9.46. The summed E-state index contributed by atoms with van der Waals surface area (Å²) in [4.78, 5) is 0. The Hall–Kier alpha value is -5.66. The minimum absolute atomic E-state index is 0.0254. The molecule has 8 aromatic carbocycles. The Kier molecular flexibility index (Phi) is 2.70. The smallest absolute Gasteiger partial charge is 0.136 e. The van der Waals surface area contributed by atoms with E-state index in [0.717, 1.165) is 0 Å². The van der Waals surface area contributed by atoms with Crippen molar-refractivity contribution in [1.29, 1.82) is 0 Å². The van der Waals surface area contributed by atoms with E-state index < -0.39 is 114 Å². The zero-order valence-corrected chi connectivity index (χ0v) is 22.0. The summed E-state index contributed by atoms with van der Waals surface area (Å²) in [6.45, 7) is 0. The molecule has 9 rings (SSSR count). The molecular weight excluding hydrogens is 520 g/mol. The summed E-state index contributed by atoms with van der Waals surface area (Å²) in [5.74, 6) is 0. The summed E-state index contributed by atoms with van der Waals surface area (Å²) in [6, 6.07) is 2.20.